The van der Waals surface area contributed by atoms with Gasteiger partial charge in [-0.15, -0.1) is 0 Å². The van der Waals surface area contributed by atoms with E-state index in [9.17, 15) is 9.59 Å². The van der Waals surface area contributed by atoms with Gasteiger partial charge in [-0.3, -0.25) is 14.3 Å². The second kappa shape index (κ2) is 9.67. The fourth-order valence-corrected chi connectivity index (χ4v) is 4.07. The van der Waals surface area contributed by atoms with E-state index in [1.54, 1.807) is 15.6 Å². The van der Waals surface area contributed by atoms with Gasteiger partial charge in [0.2, 0.25) is 5.91 Å². The summed E-state index contributed by atoms with van der Waals surface area (Å²) in [5, 5.41) is 8.05. The molecule has 2 amide bonds. The second-order valence-corrected chi connectivity index (χ2v) is 8.82. The maximum Gasteiger partial charge on any atom is 0.275 e. The summed E-state index contributed by atoms with van der Waals surface area (Å²) in [5.74, 6) is 0.351. The first-order valence-corrected chi connectivity index (χ1v) is 11.3. The lowest BCUT2D eigenvalue weighted by atomic mass is 10.0. The monoisotopic (exact) mass is 466 g/mol. The number of benzene rings is 2. The van der Waals surface area contributed by atoms with Crippen LogP contribution in [0.2, 0.25) is 5.02 Å². The molecule has 8 heteroatoms. The number of rotatable bonds is 7. The summed E-state index contributed by atoms with van der Waals surface area (Å²) in [5.41, 5.74) is 3.73. The lowest BCUT2D eigenvalue weighted by Gasteiger charge is -2.24. The van der Waals surface area contributed by atoms with Crippen molar-refractivity contribution in [2.75, 3.05) is 13.1 Å². The van der Waals surface area contributed by atoms with Gasteiger partial charge in [-0.2, -0.15) is 5.10 Å². The number of fused-ring (bicyclic) bond motifs is 3. The van der Waals surface area contributed by atoms with Crippen LogP contribution in [0, 0.1) is 5.92 Å². The first-order valence-electron chi connectivity index (χ1n) is 10.9. The Labute approximate surface area is 198 Å². The van der Waals surface area contributed by atoms with Gasteiger partial charge in [0.1, 0.15) is 12.4 Å². The molecule has 0 saturated heterocycles. The van der Waals surface area contributed by atoms with Gasteiger partial charge in [-0.25, -0.2) is 0 Å². The number of ether oxygens (including phenoxy) is 1. The number of nitrogens with zero attached hydrogens (tertiary/aromatic N) is 3. The molecule has 3 aromatic rings. The Bertz CT molecular complexity index is 1170. The number of carbonyl (C=O) groups is 2. The molecule has 33 heavy (non-hydrogen) atoms. The molecule has 2 aromatic carbocycles. The molecule has 0 unspecified atom stereocenters. The van der Waals surface area contributed by atoms with Gasteiger partial charge < -0.3 is 15.0 Å². The minimum Gasteiger partial charge on any atom is -0.488 e. The van der Waals surface area contributed by atoms with Crippen LogP contribution in [-0.4, -0.2) is 39.6 Å². The molecule has 1 aromatic heterocycles. The van der Waals surface area contributed by atoms with Crippen LogP contribution < -0.4 is 10.1 Å². The Morgan fingerprint density at radius 3 is 2.70 bits per heavy atom. The Morgan fingerprint density at radius 2 is 1.97 bits per heavy atom. The number of hydrogen-bond donors (Lipinski definition) is 1. The minimum absolute atomic E-state index is 0.0424. The third-order valence-corrected chi connectivity index (χ3v) is 5.86. The van der Waals surface area contributed by atoms with Gasteiger partial charge in [-0.1, -0.05) is 55.8 Å². The number of aromatic nitrogens is 2. The Kier molecular flexibility index (Phi) is 6.70. The molecule has 0 bridgehead atoms. The van der Waals surface area contributed by atoms with Gasteiger partial charge in [0.15, 0.2) is 5.69 Å². The zero-order valence-electron chi connectivity index (χ0n) is 19.0. The molecule has 7 nitrogen and oxygen atoms in total. The van der Waals surface area contributed by atoms with Crippen LogP contribution in [0.5, 0.6) is 5.75 Å². The molecule has 0 fully saturated rings. The molecule has 0 saturated carbocycles. The van der Waals surface area contributed by atoms with Crippen molar-refractivity contribution in [3.63, 3.8) is 0 Å². The number of nitrogens with one attached hydrogen (secondary N) is 1. The van der Waals surface area contributed by atoms with Crippen molar-refractivity contribution in [3.05, 3.63) is 70.4 Å². The molecular weight excluding hydrogens is 440 g/mol. The van der Waals surface area contributed by atoms with E-state index in [0.29, 0.717) is 36.1 Å². The summed E-state index contributed by atoms with van der Waals surface area (Å²) >= 11 is 6.22. The number of carbonyl (C=O) groups excluding carboxylic acids is 2. The molecule has 0 atom stereocenters. The first kappa shape index (κ1) is 22.9. The summed E-state index contributed by atoms with van der Waals surface area (Å²) < 4.78 is 7.62. The average molecular weight is 467 g/mol. The highest BCUT2D eigenvalue weighted by atomic mass is 35.5. The van der Waals surface area contributed by atoms with Gasteiger partial charge in [0, 0.05) is 48.7 Å². The average Bonchev–Trinajstić information content (AvgIpc) is 3.15. The van der Waals surface area contributed by atoms with E-state index in [1.165, 1.54) is 0 Å². The quantitative estimate of drug-likeness (QED) is 0.570. The molecule has 1 aliphatic heterocycles. The first-order chi connectivity index (χ1) is 15.8. The number of hydrogen-bond acceptors (Lipinski definition) is 4. The highest BCUT2D eigenvalue weighted by molar-refractivity contribution is 6.31. The lowest BCUT2D eigenvalue weighted by Crippen LogP contribution is -2.39. The van der Waals surface area contributed by atoms with Gasteiger partial charge in [-0.05, 0) is 23.8 Å². The lowest BCUT2D eigenvalue weighted by molar-refractivity contribution is -0.124. The highest BCUT2D eigenvalue weighted by Gasteiger charge is 2.31. The fourth-order valence-electron chi connectivity index (χ4n) is 3.90. The largest absolute Gasteiger partial charge is 0.488 e. The molecule has 0 spiro atoms. The van der Waals surface area contributed by atoms with Crippen molar-refractivity contribution in [1.82, 2.24) is 20.0 Å². The van der Waals surface area contributed by atoms with Crippen LogP contribution in [0.15, 0.2) is 48.5 Å². The maximum atomic E-state index is 13.7. The van der Waals surface area contributed by atoms with Crippen LogP contribution in [0.1, 0.15) is 35.5 Å². The van der Waals surface area contributed by atoms with Gasteiger partial charge in [0.05, 0.1) is 5.69 Å². The summed E-state index contributed by atoms with van der Waals surface area (Å²) in [6, 6.07) is 15.2. The second-order valence-electron chi connectivity index (χ2n) is 8.39. The third kappa shape index (κ3) is 4.88. The summed E-state index contributed by atoms with van der Waals surface area (Å²) in [7, 11) is 1.82. The Balaban J connectivity index is 1.63. The normalized spacial score (nSPS) is 12.0. The standard InChI is InChI=1S/C25H27ClN4O3/c1-16(2)24(31)27-11-12-30(14-17-7-5-4-6-8-17)25(32)22-20-15-33-21-10-9-18(26)13-19(21)23(20)29(3)28-22/h4-10,13,16H,11-12,14-15H2,1-3H3,(H,27,31). The van der Waals surface area contributed by atoms with E-state index in [4.69, 9.17) is 16.3 Å². The van der Waals surface area contributed by atoms with Crippen molar-refractivity contribution >= 4 is 23.4 Å². The van der Waals surface area contributed by atoms with Gasteiger partial charge in [0.25, 0.3) is 5.91 Å². The smallest absolute Gasteiger partial charge is 0.275 e. The van der Waals surface area contributed by atoms with E-state index < -0.39 is 0 Å². The molecular formula is C25H27ClN4O3. The molecule has 4 rings (SSSR count). The molecule has 1 aliphatic rings. The molecule has 1 N–H and O–H groups in total. The Morgan fingerprint density at radius 1 is 1.21 bits per heavy atom. The molecule has 0 aliphatic carbocycles. The number of aryl methyl sites for hydroxylation is 1. The summed E-state index contributed by atoms with van der Waals surface area (Å²) in [6.07, 6.45) is 0. The zero-order chi connectivity index (χ0) is 23.5. The fraction of sp³-hybridized carbons (Fsp3) is 0.320. The number of amides is 2. The summed E-state index contributed by atoms with van der Waals surface area (Å²) in [6.45, 7) is 5.06. The highest BCUT2D eigenvalue weighted by Crippen LogP contribution is 2.40. The van der Waals surface area contributed by atoms with Crippen LogP contribution in [-0.2, 0) is 25.0 Å². The summed E-state index contributed by atoms with van der Waals surface area (Å²) in [4.78, 5) is 27.4. The molecule has 0 radical (unpaired) electrons. The van der Waals surface area contributed by atoms with E-state index >= 15 is 0 Å². The zero-order valence-corrected chi connectivity index (χ0v) is 19.7. The van der Waals surface area contributed by atoms with Crippen LogP contribution in [0.3, 0.4) is 0 Å². The van der Waals surface area contributed by atoms with Crippen LogP contribution in [0.25, 0.3) is 11.3 Å². The number of halogens is 1. The van der Waals surface area contributed by atoms with Crippen molar-refractivity contribution in [1.29, 1.82) is 0 Å². The maximum absolute atomic E-state index is 13.7. The van der Waals surface area contributed by atoms with Gasteiger partial charge >= 0.3 is 0 Å². The Hall–Kier alpha value is -3.32. The predicted molar refractivity (Wildman–Crippen MR) is 127 cm³/mol. The third-order valence-electron chi connectivity index (χ3n) is 5.63. The van der Waals surface area contributed by atoms with E-state index in [2.05, 4.69) is 10.4 Å². The van der Waals surface area contributed by atoms with Crippen molar-refractivity contribution in [3.8, 4) is 17.0 Å². The topological polar surface area (TPSA) is 76.5 Å². The molecule has 2 heterocycles. The van der Waals surface area contributed by atoms with Crippen molar-refractivity contribution in [2.24, 2.45) is 13.0 Å². The van der Waals surface area contributed by atoms with E-state index in [1.807, 2.05) is 63.4 Å². The molecule has 172 valence electrons. The SMILES string of the molecule is CC(C)C(=O)NCCN(Cc1ccccc1)C(=O)c1nn(C)c2c1COc1ccc(Cl)cc1-2. The minimum atomic E-state index is -0.205. The van der Waals surface area contributed by atoms with Crippen molar-refractivity contribution < 1.29 is 14.3 Å². The van der Waals surface area contributed by atoms with Crippen LogP contribution in [0.4, 0.5) is 0 Å². The predicted octanol–water partition coefficient (Wildman–Crippen LogP) is 4.05. The van der Waals surface area contributed by atoms with Crippen LogP contribution >= 0.6 is 11.6 Å². The van der Waals surface area contributed by atoms with E-state index in [0.717, 1.165) is 22.4 Å². The van der Waals surface area contributed by atoms with Crippen molar-refractivity contribution in [2.45, 2.75) is 27.0 Å². The van der Waals surface area contributed by atoms with E-state index in [-0.39, 0.29) is 24.3 Å².